The fourth-order valence-electron chi connectivity index (χ4n) is 2.77. The average Bonchev–Trinajstić information content (AvgIpc) is 3.04. The van der Waals surface area contributed by atoms with Crippen LogP contribution >= 0.6 is 11.3 Å². The summed E-state index contributed by atoms with van der Waals surface area (Å²) in [4.78, 5) is 21.0. The van der Waals surface area contributed by atoms with Gasteiger partial charge in [0.1, 0.15) is 17.2 Å². The van der Waals surface area contributed by atoms with Crippen LogP contribution < -0.4 is 10.6 Å². The molecule has 0 fully saturated rings. The van der Waals surface area contributed by atoms with Crippen molar-refractivity contribution in [1.82, 2.24) is 25.1 Å². The number of nitrogens with zero attached hydrogens (tertiary/aromatic N) is 4. The zero-order valence-corrected chi connectivity index (χ0v) is 14.5. The first-order chi connectivity index (χ1) is 11.0. The summed E-state index contributed by atoms with van der Waals surface area (Å²) in [6, 6.07) is -0.0982. The molecule has 23 heavy (non-hydrogen) atoms. The lowest BCUT2D eigenvalue weighted by atomic mass is 10.1. The largest absolute Gasteiger partial charge is 0.333 e. The summed E-state index contributed by atoms with van der Waals surface area (Å²) in [5.41, 5.74) is 0.972. The smallest absolute Gasteiger partial charge is 0.320 e. The van der Waals surface area contributed by atoms with Gasteiger partial charge in [-0.15, -0.1) is 11.3 Å². The van der Waals surface area contributed by atoms with Crippen molar-refractivity contribution in [3.63, 3.8) is 0 Å². The van der Waals surface area contributed by atoms with Crippen molar-refractivity contribution in [3.05, 3.63) is 22.9 Å². The lowest BCUT2D eigenvalue weighted by Crippen LogP contribution is -2.43. The maximum atomic E-state index is 12.3. The molecule has 1 atom stereocenters. The third-order valence-electron chi connectivity index (χ3n) is 3.77. The van der Waals surface area contributed by atoms with Crippen molar-refractivity contribution in [2.24, 2.45) is 5.92 Å². The van der Waals surface area contributed by atoms with E-state index in [0.717, 1.165) is 40.8 Å². The molecule has 0 saturated carbocycles. The molecule has 0 bridgehead atoms. The molecule has 0 saturated heterocycles. The van der Waals surface area contributed by atoms with E-state index in [9.17, 15) is 4.79 Å². The molecule has 1 aliphatic rings. The highest BCUT2D eigenvalue weighted by Crippen LogP contribution is 2.26. The van der Waals surface area contributed by atoms with Crippen LogP contribution in [0.1, 0.15) is 36.8 Å². The molecule has 0 aromatic carbocycles. The number of amides is 2. The Labute approximate surface area is 139 Å². The van der Waals surface area contributed by atoms with E-state index >= 15 is 0 Å². The topological polar surface area (TPSA) is 84.7 Å². The van der Waals surface area contributed by atoms with Gasteiger partial charge in [-0.2, -0.15) is 5.10 Å². The molecule has 0 spiro atoms. The van der Waals surface area contributed by atoms with Crippen LogP contribution in [0.2, 0.25) is 0 Å². The number of rotatable bonds is 4. The molecule has 2 N–H and O–H groups in total. The normalized spacial score (nSPS) is 17.1. The summed E-state index contributed by atoms with van der Waals surface area (Å²) in [7, 11) is 0. The minimum Gasteiger partial charge on any atom is -0.333 e. The van der Waals surface area contributed by atoms with Gasteiger partial charge in [0, 0.05) is 6.42 Å². The molecule has 2 aromatic heterocycles. The van der Waals surface area contributed by atoms with Crippen LogP contribution in [0.5, 0.6) is 0 Å². The summed E-state index contributed by atoms with van der Waals surface area (Å²) in [6.07, 6.45) is 4.15. The minimum absolute atomic E-state index is 0.0757. The van der Waals surface area contributed by atoms with Crippen LogP contribution in [0.25, 0.3) is 0 Å². The highest BCUT2D eigenvalue weighted by molar-refractivity contribution is 7.16. The second-order valence-corrected chi connectivity index (χ2v) is 7.50. The van der Waals surface area contributed by atoms with Gasteiger partial charge < -0.3 is 5.32 Å². The summed E-state index contributed by atoms with van der Waals surface area (Å²) >= 11 is 1.53. The molecule has 124 valence electrons. The second kappa shape index (κ2) is 6.66. The first-order valence-corrected chi connectivity index (χ1v) is 8.73. The van der Waals surface area contributed by atoms with Crippen LogP contribution in [-0.4, -0.2) is 31.8 Å². The van der Waals surface area contributed by atoms with Crippen molar-refractivity contribution in [2.45, 2.75) is 52.6 Å². The Morgan fingerprint density at radius 2 is 2.35 bits per heavy atom. The molecular weight excluding hydrogens is 312 g/mol. The van der Waals surface area contributed by atoms with Gasteiger partial charge in [0.2, 0.25) is 0 Å². The van der Waals surface area contributed by atoms with Crippen molar-refractivity contribution >= 4 is 22.4 Å². The number of hydrogen-bond donors (Lipinski definition) is 2. The molecule has 3 rings (SSSR count). The van der Waals surface area contributed by atoms with E-state index in [4.69, 9.17) is 0 Å². The predicted molar refractivity (Wildman–Crippen MR) is 89.7 cm³/mol. The molecule has 2 aromatic rings. The molecule has 7 nitrogen and oxygen atoms in total. The summed E-state index contributed by atoms with van der Waals surface area (Å²) in [5, 5.41) is 12.0. The number of hydrogen-bond acceptors (Lipinski definition) is 5. The Kier molecular flexibility index (Phi) is 4.61. The van der Waals surface area contributed by atoms with E-state index in [1.807, 2.05) is 11.6 Å². The number of anilines is 1. The first-order valence-electron chi connectivity index (χ1n) is 7.91. The van der Waals surface area contributed by atoms with Crippen molar-refractivity contribution in [1.29, 1.82) is 0 Å². The molecule has 0 aliphatic carbocycles. The number of nitrogens with one attached hydrogen (secondary N) is 2. The van der Waals surface area contributed by atoms with Gasteiger partial charge in [0.15, 0.2) is 0 Å². The van der Waals surface area contributed by atoms with E-state index in [0.29, 0.717) is 12.5 Å². The van der Waals surface area contributed by atoms with Gasteiger partial charge in [-0.25, -0.2) is 19.4 Å². The van der Waals surface area contributed by atoms with E-state index < -0.39 is 0 Å². The summed E-state index contributed by atoms with van der Waals surface area (Å²) in [6.45, 7) is 6.93. The number of fused-ring (bicyclic) bond motifs is 1. The first kappa shape index (κ1) is 15.9. The molecule has 2 amide bonds. The number of urea groups is 1. The number of thiazole rings is 1. The Morgan fingerprint density at radius 1 is 1.52 bits per heavy atom. The van der Waals surface area contributed by atoms with Crippen molar-refractivity contribution in [2.75, 3.05) is 5.32 Å². The average molecular weight is 334 g/mol. The molecule has 0 radical (unpaired) electrons. The number of carbonyl (C=O) groups excluding carboxylic acids is 1. The Hall–Kier alpha value is -1.96. The van der Waals surface area contributed by atoms with E-state index in [1.165, 1.54) is 11.3 Å². The monoisotopic (exact) mass is 334 g/mol. The van der Waals surface area contributed by atoms with Gasteiger partial charge in [-0.1, -0.05) is 13.8 Å². The number of aromatic nitrogens is 4. The van der Waals surface area contributed by atoms with Crippen LogP contribution in [0.3, 0.4) is 0 Å². The standard InChI is InChI=1S/C15H22N6OS/c1-9(2)6-12-14(23-10(3)18-12)20-15(22)19-11-4-5-13-16-8-17-21(13)7-11/h8-9,11H,4-7H2,1-3H3,(H2,19,20,22). The maximum Gasteiger partial charge on any atom is 0.320 e. The van der Waals surface area contributed by atoms with Gasteiger partial charge in [-0.3, -0.25) is 5.32 Å². The fourth-order valence-corrected chi connectivity index (χ4v) is 3.61. The van der Waals surface area contributed by atoms with E-state index in [-0.39, 0.29) is 12.1 Å². The Balaban J connectivity index is 1.60. The molecule has 1 aliphatic heterocycles. The highest BCUT2D eigenvalue weighted by Gasteiger charge is 2.22. The van der Waals surface area contributed by atoms with Crippen LogP contribution in [0.4, 0.5) is 9.80 Å². The lowest BCUT2D eigenvalue weighted by molar-refractivity contribution is 0.243. The Bertz CT molecular complexity index is 692. The third kappa shape index (κ3) is 3.87. The second-order valence-electron chi connectivity index (χ2n) is 6.30. The zero-order chi connectivity index (χ0) is 16.4. The number of aryl methyl sites for hydroxylation is 2. The lowest BCUT2D eigenvalue weighted by Gasteiger charge is -2.23. The van der Waals surface area contributed by atoms with Gasteiger partial charge in [0.25, 0.3) is 0 Å². The molecule has 1 unspecified atom stereocenters. The van der Waals surface area contributed by atoms with Crippen LogP contribution in [0.15, 0.2) is 6.33 Å². The highest BCUT2D eigenvalue weighted by atomic mass is 32.1. The van der Waals surface area contributed by atoms with E-state index in [2.05, 4.69) is 39.5 Å². The molecular formula is C15H22N6OS. The van der Waals surface area contributed by atoms with Crippen molar-refractivity contribution < 1.29 is 4.79 Å². The maximum absolute atomic E-state index is 12.3. The predicted octanol–water partition coefficient (Wildman–Crippen LogP) is 2.38. The quantitative estimate of drug-likeness (QED) is 0.899. The Morgan fingerprint density at radius 3 is 3.13 bits per heavy atom. The third-order valence-corrected chi connectivity index (χ3v) is 4.70. The number of carbonyl (C=O) groups is 1. The molecule has 8 heteroatoms. The molecule has 3 heterocycles. The zero-order valence-electron chi connectivity index (χ0n) is 13.7. The van der Waals surface area contributed by atoms with Gasteiger partial charge >= 0.3 is 6.03 Å². The van der Waals surface area contributed by atoms with E-state index in [1.54, 1.807) is 6.33 Å². The van der Waals surface area contributed by atoms with Crippen molar-refractivity contribution in [3.8, 4) is 0 Å². The van der Waals surface area contributed by atoms with Gasteiger partial charge in [0.05, 0.1) is 23.3 Å². The fraction of sp³-hybridized carbons (Fsp3) is 0.600. The van der Waals surface area contributed by atoms with Gasteiger partial charge in [-0.05, 0) is 25.7 Å². The summed E-state index contributed by atoms with van der Waals surface area (Å²) in [5.74, 6) is 1.49. The van der Waals surface area contributed by atoms with Crippen LogP contribution in [0, 0.1) is 12.8 Å². The summed E-state index contributed by atoms with van der Waals surface area (Å²) < 4.78 is 1.86. The minimum atomic E-state index is -0.174. The van der Waals surface area contributed by atoms with Crippen LogP contribution in [-0.2, 0) is 19.4 Å². The SMILES string of the molecule is Cc1nc(CC(C)C)c(NC(=O)NC2CCc3ncnn3C2)s1.